The summed E-state index contributed by atoms with van der Waals surface area (Å²) in [6.07, 6.45) is 4.65. The van der Waals surface area contributed by atoms with E-state index in [-0.39, 0.29) is 16.6 Å². The van der Waals surface area contributed by atoms with Crippen LogP contribution in [0, 0.1) is 6.92 Å². The van der Waals surface area contributed by atoms with Crippen molar-refractivity contribution >= 4 is 17.5 Å². The van der Waals surface area contributed by atoms with Crippen LogP contribution >= 0.6 is 11.6 Å². The summed E-state index contributed by atoms with van der Waals surface area (Å²) in [5, 5.41) is 3.43. The Balaban J connectivity index is 1.93. The number of nitrogens with one attached hydrogen (secondary N) is 2. The molecule has 0 radical (unpaired) electrons. The third-order valence-electron chi connectivity index (χ3n) is 3.77. The summed E-state index contributed by atoms with van der Waals surface area (Å²) in [5.41, 5.74) is 3.67. The van der Waals surface area contributed by atoms with Gasteiger partial charge >= 0.3 is 0 Å². The number of fused-ring (bicyclic) bond motifs is 1. The number of rotatable bonds is 2. The second-order valence-electron chi connectivity index (χ2n) is 5.15. The van der Waals surface area contributed by atoms with E-state index in [1.807, 2.05) is 0 Å². The standard InChI is InChI=1S/C15H16ClN3O/c1-9-4-2-5-10-6-3-7-12(13(9)10)18-15-17-8-11(16)14(20)19-15/h2,4-5,8,12H,3,6-7H2,1H3,(H2,17,18,19,20). The van der Waals surface area contributed by atoms with Gasteiger partial charge in [0.25, 0.3) is 5.56 Å². The number of hydrogen-bond donors (Lipinski definition) is 2. The lowest BCUT2D eigenvalue weighted by molar-refractivity contribution is 0.593. The van der Waals surface area contributed by atoms with Crippen molar-refractivity contribution in [2.45, 2.75) is 32.2 Å². The molecule has 3 rings (SSSR count). The Bertz CT molecular complexity index is 696. The van der Waals surface area contributed by atoms with Crippen molar-refractivity contribution < 1.29 is 0 Å². The van der Waals surface area contributed by atoms with Gasteiger partial charge in [-0.25, -0.2) is 4.98 Å². The lowest BCUT2D eigenvalue weighted by atomic mass is 9.85. The molecule has 2 aromatic rings. The molecule has 1 unspecified atom stereocenters. The Morgan fingerprint density at radius 3 is 3.10 bits per heavy atom. The first-order chi connectivity index (χ1) is 9.65. The largest absolute Gasteiger partial charge is 0.349 e. The topological polar surface area (TPSA) is 57.8 Å². The van der Waals surface area contributed by atoms with Gasteiger partial charge in [-0.3, -0.25) is 9.78 Å². The zero-order valence-electron chi connectivity index (χ0n) is 11.2. The van der Waals surface area contributed by atoms with Gasteiger partial charge in [0, 0.05) is 0 Å². The van der Waals surface area contributed by atoms with Crippen LogP contribution in [0.3, 0.4) is 0 Å². The van der Waals surface area contributed by atoms with Gasteiger partial charge in [0.2, 0.25) is 5.95 Å². The first-order valence-corrected chi connectivity index (χ1v) is 7.12. The molecule has 0 saturated carbocycles. The Morgan fingerprint density at radius 1 is 1.45 bits per heavy atom. The molecule has 0 spiro atoms. The quantitative estimate of drug-likeness (QED) is 0.892. The molecule has 5 heteroatoms. The van der Waals surface area contributed by atoms with E-state index in [4.69, 9.17) is 11.6 Å². The van der Waals surface area contributed by atoms with E-state index >= 15 is 0 Å². The molecule has 0 amide bonds. The lowest BCUT2D eigenvalue weighted by Gasteiger charge is -2.28. The van der Waals surface area contributed by atoms with E-state index in [2.05, 4.69) is 40.4 Å². The van der Waals surface area contributed by atoms with Crippen molar-refractivity contribution in [3.63, 3.8) is 0 Å². The molecule has 2 N–H and O–H groups in total. The van der Waals surface area contributed by atoms with Crippen LogP contribution in [-0.2, 0) is 6.42 Å². The van der Waals surface area contributed by atoms with E-state index in [1.165, 1.54) is 22.9 Å². The zero-order valence-corrected chi connectivity index (χ0v) is 12.0. The van der Waals surface area contributed by atoms with Gasteiger partial charge in [0.15, 0.2) is 0 Å². The summed E-state index contributed by atoms with van der Waals surface area (Å²) in [6, 6.07) is 6.58. The highest BCUT2D eigenvalue weighted by Gasteiger charge is 2.22. The fraction of sp³-hybridized carbons (Fsp3) is 0.333. The number of H-pyrrole nitrogens is 1. The average molecular weight is 290 g/mol. The maximum absolute atomic E-state index is 11.5. The smallest absolute Gasteiger partial charge is 0.271 e. The van der Waals surface area contributed by atoms with Crippen LogP contribution in [0.5, 0.6) is 0 Å². The van der Waals surface area contributed by atoms with Crippen LogP contribution in [0.1, 0.15) is 35.6 Å². The molecule has 1 aromatic carbocycles. The number of aromatic amines is 1. The summed E-state index contributed by atoms with van der Waals surface area (Å²) in [7, 11) is 0. The Kier molecular flexibility index (Phi) is 3.49. The number of nitrogens with zero attached hydrogens (tertiary/aromatic N) is 1. The number of halogens is 1. The monoisotopic (exact) mass is 289 g/mol. The highest BCUT2D eigenvalue weighted by Crippen LogP contribution is 2.33. The van der Waals surface area contributed by atoms with Gasteiger partial charge in [-0.05, 0) is 42.9 Å². The molecule has 1 aliphatic rings. The molecule has 104 valence electrons. The molecular weight excluding hydrogens is 274 g/mol. The van der Waals surface area contributed by atoms with Crippen LogP contribution in [0.15, 0.2) is 29.2 Å². The minimum Gasteiger partial charge on any atom is -0.349 e. The highest BCUT2D eigenvalue weighted by atomic mass is 35.5. The van der Waals surface area contributed by atoms with Crippen LogP contribution < -0.4 is 10.9 Å². The summed E-state index contributed by atoms with van der Waals surface area (Å²) >= 11 is 5.70. The van der Waals surface area contributed by atoms with Crippen molar-refractivity contribution in [3.05, 3.63) is 56.5 Å². The third kappa shape index (κ3) is 2.43. The van der Waals surface area contributed by atoms with Gasteiger partial charge in [-0.2, -0.15) is 0 Å². The Morgan fingerprint density at radius 2 is 2.30 bits per heavy atom. The fourth-order valence-electron chi connectivity index (χ4n) is 2.86. The normalized spacial score (nSPS) is 17.6. The predicted octanol–water partition coefficient (Wildman–Crippen LogP) is 3.22. The minimum absolute atomic E-state index is 0.107. The first-order valence-electron chi connectivity index (χ1n) is 6.75. The molecule has 0 aliphatic heterocycles. The first kappa shape index (κ1) is 13.2. The van der Waals surface area contributed by atoms with Gasteiger partial charge in [-0.15, -0.1) is 0 Å². The van der Waals surface area contributed by atoms with Crippen LogP contribution in [0.4, 0.5) is 5.95 Å². The number of anilines is 1. The van der Waals surface area contributed by atoms with E-state index in [9.17, 15) is 4.79 Å². The molecule has 4 nitrogen and oxygen atoms in total. The zero-order chi connectivity index (χ0) is 14.1. The Hall–Kier alpha value is -1.81. The molecule has 0 fully saturated rings. The van der Waals surface area contributed by atoms with E-state index < -0.39 is 0 Å². The molecule has 0 saturated heterocycles. The molecular formula is C15H16ClN3O. The molecule has 0 bridgehead atoms. The minimum atomic E-state index is -0.315. The molecule has 1 aromatic heterocycles. The molecule has 1 heterocycles. The second kappa shape index (κ2) is 5.29. The van der Waals surface area contributed by atoms with E-state index in [0.29, 0.717) is 5.95 Å². The van der Waals surface area contributed by atoms with Gasteiger partial charge in [-0.1, -0.05) is 29.8 Å². The number of aryl methyl sites for hydroxylation is 2. The summed E-state index contributed by atoms with van der Waals surface area (Å²) in [6.45, 7) is 2.12. The van der Waals surface area contributed by atoms with Crippen molar-refractivity contribution in [2.24, 2.45) is 0 Å². The van der Waals surface area contributed by atoms with Gasteiger partial charge in [0.1, 0.15) is 5.02 Å². The van der Waals surface area contributed by atoms with Crippen molar-refractivity contribution in [2.75, 3.05) is 5.32 Å². The third-order valence-corrected chi connectivity index (χ3v) is 4.04. The van der Waals surface area contributed by atoms with Gasteiger partial charge in [0.05, 0.1) is 12.2 Å². The molecule has 20 heavy (non-hydrogen) atoms. The number of benzene rings is 1. The average Bonchev–Trinajstić information content (AvgIpc) is 2.43. The summed E-state index contributed by atoms with van der Waals surface area (Å²) in [5.74, 6) is 0.473. The summed E-state index contributed by atoms with van der Waals surface area (Å²) < 4.78 is 0. The van der Waals surface area contributed by atoms with Crippen molar-refractivity contribution in [3.8, 4) is 0 Å². The van der Waals surface area contributed by atoms with Crippen molar-refractivity contribution in [1.82, 2.24) is 9.97 Å². The SMILES string of the molecule is Cc1cccc2c1C(Nc1ncc(Cl)c(=O)[nH]1)CCC2. The van der Waals surface area contributed by atoms with E-state index in [1.54, 1.807) is 0 Å². The molecule has 1 aliphatic carbocycles. The second-order valence-corrected chi connectivity index (χ2v) is 5.55. The van der Waals surface area contributed by atoms with E-state index in [0.717, 1.165) is 19.3 Å². The number of hydrogen-bond acceptors (Lipinski definition) is 3. The maximum Gasteiger partial charge on any atom is 0.271 e. The number of aromatic nitrogens is 2. The van der Waals surface area contributed by atoms with Crippen LogP contribution in [-0.4, -0.2) is 9.97 Å². The van der Waals surface area contributed by atoms with Crippen molar-refractivity contribution in [1.29, 1.82) is 0 Å². The molecule has 1 atom stereocenters. The predicted molar refractivity (Wildman–Crippen MR) is 80.3 cm³/mol. The highest BCUT2D eigenvalue weighted by molar-refractivity contribution is 6.30. The van der Waals surface area contributed by atoms with Crippen LogP contribution in [0.2, 0.25) is 5.02 Å². The lowest BCUT2D eigenvalue weighted by Crippen LogP contribution is -2.21. The Labute approximate surface area is 122 Å². The summed E-state index contributed by atoms with van der Waals surface area (Å²) in [4.78, 5) is 18.3. The van der Waals surface area contributed by atoms with Gasteiger partial charge < -0.3 is 5.32 Å². The fourth-order valence-corrected chi connectivity index (χ4v) is 2.96. The van der Waals surface area contributed by atoms with Crippen LogP contribution in [0.25, 0.3) is 0 Å². The maximum atomic E-state index is 11.5.